The van der Waals surface area contributed by atoms with Gasteiger partial charge in [-0.15, -0.1) is 0 Å². The molecule has 0 radical (unpaired) electrons. The molecule has 1 unspecified atom stereocenters. The highest BCUT2D eigenvalue weighted by atomic mass is 32.2. The fraction of sp³-hybridized carbons (Fsp3) is 0.222. The van der Waals surface area contributed by atoms with Crippen molar-refractivity contribution in [3.05, 3.63) is 30.1 Å². The highest BCUT2D eigenvalue weighted by Crippen LogP contribution is 2.22. The van der Waals surface area contributed by atoms with Crippen molar-refractivity contribution in [2.45, 2.75) is 11.8 Å². The van der Waals surface area contributed by atoms with E-state index < -0.39 is 0 Å². The molecule has 1 fully saturated rings. The van der Waals surface area contributed by atoms with Crippen molar-refractivity contribution in [1.29, 1.82) is 0 Å². The van der Waals surface area contributed by atoms with E-state index >= 15 is 0 Å². The third kappa shape index (κ3) is 1.93. The summed E-state index contributed by atoms with van der Waals surface area (Å²) in [7, 11) is 0. The Labute approximate surface area is 85.1 Å². The lowest BCUT2D eigenvalue weighted by Crippen LogP contribution is -2.46. The van der Waals surface area contributed by atoms with Crippen molar-refractivity contribution < 1.29 is 9.59 Å². The van der Waals surface area contributed by atoms with Gasteiger partial charge in [0.1, 0.15) is 0 Å². The summed E-state index contributed by atoms with van der Waals surface area (Å²) in [5, 5.41) is 2.51. The lowest BCUT2D eigenvalue weighted by atomic mass is 10.3. The fourth-order valence-electron chi connectivity index (χ4n) is 1.08. The third-order valence-corrected chi connectivity index (χ3v) is 2.86. The summed E-state index contributed by atoms with van der Waals surface area (Å²) >= 11 is 1.13. The zero-order valence-electron chi connectivity index (χ0n) is 7.27. The first-order valence-electron chi connectivity index (χ1n) is 4.16. The zero-order chi connectivity index (χ0) is 9.97. The van der Waals surface area contributed by atoms with Crippen LogP contribution in [0.2, 0.25) is 0 Å². The van der Waals surface area contributed by atoms with E-state index in [1.54, 1.807) is 18.3 Å². The largest absolute Gasteiger partial charge is 0.343 e. The molecule has 1 aromatic heterocycles. The number of carbonyl (C=O) groups excluding carboxylic acids is 2. The minimum absolute atomic E-state index is 0.00138. The van der Waals surface area contributed by atoms with Crippen molar-refractivity contribution >= 4 is 22.8 Å². The minimum Gasteiger partial charge on any atom is -0.343 e. The fourth-order valence-corrected chi connectivity index (χ4v) is 2.02. The first-order chi connectivity index (χ1) is 6.75. The molecule has 1 N–H and O–H groups in total. The summed E-state index contributed by atoms with van der Waals surface area (Å²) in [4.78, 5) is 26.0. The van der Waals surface area contributed by atoms with Crippen molar-refractivity contribution in [3.8, 4) is 0 Å². The summed E-state index contributed by atoms with van der Waals surface area (Å²) < 4.78 is 0. The molecule has 5 heteroatoms. The molecule has 1 saturated heterocycles. The minimum atomic E-state index is -0.0600. The average Bonchev–Trinajstić information content (AvgIpc) is 2.17. The van der Waals surface area contributed by atoms with Gasteiger partial charge in [0.05, 0.1) is 11.8 Å². The number of carbonyl (C=O) groups is 2. The number of hydrogen-bond donors (Lipinski definition) is 1. The van der Waals surface area contributed by atoms with E-state index in [1.807, 2.05) is 0 Å². The van der Waals surface area contributed by atoms with Gasteiger partial charge in [0, 0.05) is 18.0 Å². The lowest BCUT2D eigenvalue weighted by Gasteiger charge is -2.24. The molecule has 0 aromatic carbocycles. The Hall–Kier alpha value is -1.36. The summed E-state index contributed by atoms with van der Waals surface area (Å²) in [5.41, 5.74) is 0.568. The van der Waals surface area contributed by atoms with Gasteiger partial charge in [-0.3, -0.25) is 14.6 Å². The normalized spacial score (nSPS) is 19.7. The Morgan fingerprint density at radius 3 is 3.00 bits per heavy atom. The molecule has 1 aliphatic rings. The van der Waals surface area contributed by atoms with Gasteiger partial charge in [0.25, 0.3) is 0 Å². The van der Waals surface area contributed by atoms with Crippen molar-refractivity contribution in [2.24, 2.45) is 0 Å². The Bertz CT molecular complexity index is 358. The van der Waals surface area contributed by atoms with Gasteiger partial charge in [-0.05, 0) is 12.1 Å². The van der Waals surface area contributed by atoms with Crippen molar-refractivity contribution in [1.82, 2.24) is 10.3 Å². The molecule has 0 spiro atoms. The van der Waals surface area contributed by atoms with Gasteiger partial charge >= 0.3 is 0 Å². The maximum absolute atomic E-state index is 11.5. The maximum Gasteiger partial charge on any atom is 0.223 e. The molecule has 72 valence electrons. The van der Waals surface area contributed by atoms with E-state index in [1.165, 1.54) is 6.20 Å². The standard InChI is InChI=1S/C9H8N2O2S/c12-7-4-8(11-7)14-9(13)6-2-1-3-10-5-6/h1-3,5,8H,4H2,(H,11,12). The predicted octanol–water partition coefficient (Wildman–Crippen LogP) is 0.801. The number of nitrogens with zero attached hydrogens (tertiary/aromatic N) is 1. The number of pyridine rings is 1. The van der Waals surface area contributed by atoms with Crippen LogP contribution in [0.1, 0.15) is 16.8 Å². The van der Waals surface area contributed by atoms with Crippen molar-refractivity contribution in [2.75, 3.05) is 0 Å². The van der Waals surface area contributed by atoms with E-state index in [4.69, 9.17) is 0 Å². The molecule has 0 aliphatic carbocycles. The molecular weight excluding hydrogens is 200 g/mol. The first-order valence-corrected chi connectivity index (χ1v) is 5.04. The maximum atomic E-state index is 11.5. The van der Waals surface area contributed by atoms with E-state index in [0.29, 0.717) is 12.0 Å². The van der Waals surface area contributed by atoms with Crippen LogP contribution in [0.15, 0.2) is 24.5 Å². The van der Waals surface area contributed by atoms with Crippen molar-refractivity contribution in [3.63, 3.8) is 0 Å². The molecule has 14 heavy (non-hydrogen) atoms. The molecule has 2 heterocycles. The lowest BCUT2D eigenvalue weighted by molar-refractivity contribution is -0.126. The number of aromatic nitrogens is 1. The topological polar surface area (TPSA) is 59.1 Å². The Kier molecular flexibility index (Phi) is 2.49. The average molecular weight is 208 g/mol. The Morgan fingerprint density at radius 1 is 1.64 bits per heavy atom. The van der Waals surface area contributed by atoms with Gasteiger partial charge < -0.3 is 5.32 Å². The summed E-state index contributed by atoms with van der Waals surface area (Å²) in [6.45, 7) is 0. The van der Waals surface area contributed by atoms with Crippen LogP contribution < -0.4 is 5.32 Å². The molecule has 0 bridgehead atoms. The molecular formula is C9H8N2O2S. The second kappa shape index (κ2) is 3.79. The number of β-lactam (4-membered cyclic amide) rings is 1. The number of rotatable bonds is 2. The third-order valence-electron chi connectivity index (χ3n) is 1.84. The van der Waals surface area contributed by atoms with Gasteiger partial charge in [0.2, 0.25) is 11.0 Å². The van der Waals surface area contributed by atoms with Crippen LogP contribution in [0.3, 0.4) is 0 Å². The first kappa shape index (κ1) is 9.21. The van der Waals surface area contributed by atoms with Crippen LogP contribution in [-0.4, -0.2) is 21.4 Å². The van der Waals surface area contributed by atoms with Gasteiger partial charge in [-0.25, -0.2) is 0 Å². The second-order valence-corrected chi connectivity index (χ2v) is 4.08. The van der Waals surface area contributed by atoms with Crippen LogP contribution in [0.5, 0.6) is 0 Å². The summed E-state index contributed by atoms with van der Waals surface area (Å²) in [6, 6.07) is 3.43. The molecule has 2 rings (SSSR count). The monoisotopic (exact) mass is 208 g/mol. The van der Waals surface area contributed by atoms with E-state index in [0.717, 1.165) is 11.8 Å². The molecule has 1 aromatic rings. The van der Waals surface area contributed by atoms with Crippen LogP contribution in [0.25, 0.3) is 0 Å². The second-order valence-electron chi connectivity index (χ2n) is 2.91. The highest BCUT2D eigenvalue weighted by Gasteiger charge is 2.28. The molecule has 1 aliphatic heterocycles. The molecule has 0 saturated carbocycles. The summed E-state index contributed by atoms with van der Waals surface area (Å²) in [5.74, 6) is 0.00138. The van der Waals surface area contributed by atoms with Crippen LogP contribution in [0, 0.1) is 0 Å². The smallest absolute Gasteiger partial charge is 0.223 e. The highest BCUT2D eigenvalue weighted by molar-refractivity contribution is 8.14. The molecule has 1 amide bonds. The van der Waals surface area contributed by atoms with Gasteiger partial charge in [-0.1, -0.05) is 11.8 Å². The SMILES string of the molecule is O=C1CC(SC(=O)c2cccnc2)N1. The van der Waals surface area contributed by atoms with E-state index in [-0.39, 0.29) is 16.4 Å². The Morgan fingerprint density at radius 2 is 2.43 bits per heavy atom. The van der Waals surface area contributed by atoms with Gasteiger partial charge in [0.15, 0.2) is 0 Å². The number of nitrogens with one attached hydrogen (secondary N) is 1. The molecule has 1 atom stereocenters. The predicted molar refractivity (Wildman–Crippen MR) is 52.7 cm³/mol. The van der Waals surface area contributed by atoms with E-state index in [2.05, 4.69) is 10.3 Å². The summed E-state index contributed by atoms with van der Waals surface area (Å²) in [6.07, 6.45) is 3.57. The van der Waals surface area contributed by atoms with E-state index in [9.17, 15) is 9.59 Å². The zero-order valence-corrected chi connectivity index (χ0v) is 8.08. The number of amides is 1. The number of thioether (sulfide) groups is 1. The Balaban J connectivity index is 1.93. The molecule has 4 nitrogen and oxygen atoms in total. The number of hydrogen-bond acceptors (Lipinski definition) is 4. The van der Waals surface area contributed by atoms with Gasteiger partial charge in [-0.2, -0.15) is 0 Å². The van der Waals surface area contributed by atoms with Crippen LogP contribution in [0.4, 0.5) is 0 Å². The van der Waals surface area contributed by atoms with Crippen LogP contribution >= 0.6 is 11.8 Å². The van der Waals surface area contributed by atoms with Crippen LogP contribution in [-0.2, 0) is 4.79 Å². The quantitative estimate of drug-likeness (QED) is 0.730.